The summed E-state index contributed by atoms with van der Waals surface area (Å²) in [5, 5.41) is 0. The molecule has 0 radical (unpaired) electrons. The van der Waals surface area contributed by atoms with E-state index in [1.54, 1.807) is 24.8 Å². The molecule has 2 rings (SSSR count). The van der Waals surface area contributed by atoms with Crippen LogP contribution in [0.4, 0.5) is 0 Å². The topological polar surface area (TPSA) is 37.4 Å². The van der Waals surface area contributed by atoms with E-state index in [0.717, 1.165) is 35.9 Å². The largest absolute Gasteiger partial charge is 0.338 e. The van der Waals surface area contributed by atoms with Gasteiger partial charge >= 0.3 is 0 Å². The Balaban J connectivity index is 2.15. The van der Waals surface area contributed by atoms with Gasteiger partial charge in [-0.25, -0.2) is 0 Å². The normalized spacial score (nSPS) is 15.3. The Hall–Kier alpha value is -0.520. The lowest BCUT2D eigenvalue weighted by atomic mass is 10.2. The van der Waals surface area contributed by atoms with E-state index < -0.39 is 0 Å². The average Bonchev–Trinajstić information content (AvgIpc) is 2.75. The summed E-state index contributed by atoms with van der Waals surface area (Å²) in [5.74, 6) is 1.60. The Morgan fingerprint density at radius 2 is 2.26 bits per heavy atom. The molecule has 0 N–H and O–H groups in total. The highest BCUT2D eigenvalue weighted by Crippen LogP contribution is 2.35. The van der Waals surface area contributed by atoms with Crippen molar-refractivity contribution >= 4 is 46.4 Å². The second kappa shape index (κ2) is 6.77. The van der Waals surface area contributed by atoms with Crippen molar-refractivity contribution in [2.24, 2.45) is 0 Å². The van der Waals surface area contributed by atoms with Gasteiger partial charge in [0, 0.05) is 24.7 Å². The molecule has 0 unspecified atom stereocenters. The summed E-state index contributed by atoms with van der Waals surface area (Å²) in [6.07, 6.45) is 1.85. The fourth-order valence-corrected chi connectivity index (χ4v) is 4.45. The van der Waals surface area contributed by atoms with Crippen molar-refractivity contribution in [2.45, 2.75) is 24.0 Å². The summed E-state index contributed by atoms with van der Waals surface area (Å²) in [4.78, 5) is 26.4. The number of nitrogens with zero attached hydrogens (tertiary/aromatic N) is 1. The smallest absolute Gasteiger partial charge is 0.255 e. The molecule has 1 aromatic heterocycles. The number of fused-ring (bicyclic) bond motifs is 1. The third-order valence-corrected chi connectivity index (χ3v) is 5.74. The molecule has 0 atom stereocenters. The fraction of sp³-hybridized carbons (Fsp3) is 0.538. The first-order chi connectivity index (χ1) is 9.13. The Kier molecular flexibility index (Phi) is 5.30. The van der Waals surface area contributed by atoms with Gasteiger partial charge in [0.2, 0.25) is 0 Å². The molecule has 0 saturated carbocycles. The van der Waals surface area contributed by atoms with E-state index in [4.69, 9.17) is 11.6 Å². The number of amides is 1. The zero-order valence-electron chi connectivity index (χ0n) is 10.8. The van der Waals surface area contributed by atoms with Gasteiger partial charge in [-0.05, 0) is 25.8 Å². The van der Waals surface area contributed by atoms with Gasteiger partial charge in [-0.2, -0.15) is 0 Å². The van der Waals surface area contributed by atoms with Crippen LogP contribution in [0.5, 0.6) is 0 Å². The molecule has 1 aliphatic rings. The van der Waals surface area contributed by atoms with Gasteiger partial charge in [0.1, 0.15) is 0 Å². The molecule has 1 amide bonds. The number of unbranched alkanes of at least 4 members (excludes halogenated alkanes) is 1. The van der Waals surface area contributed by atoms with Crippen LogP contribution in [0.25, 0.3) is 0 Å². The minimum Gasteiger partial charge on any atom is -0.338 e. The Bertz CT molecular complexity index is 487. The van der Waals surface area contributed by atoms with Gasteiger partial charge < -0.3 is 4.90 Å². The number of hydrogen-bond donors (Lipinski definition) is 0. The molecule has 0 saturated heterocycles. The quantitative estimate of drug-likeness (QED) is 0.474. The van der Waals surface area contributed by atoms with E-state index in [2.05, 4.69) is 0 Å². The highest BCUT2D eigenvalue weighted by molar-refractivity contribution is 8.01. The van der Waals surface area contributed by atoms with Gasteiger partial charge in [-0.15, -0.1) is 34.7 Å². The number of carbonyl (C=O) groups excluding carboxylic acids is 2. The van der Waals surface area contributed by atoms with Crippen LogP contribution in [-0.4, -0.2) is 41.3 Å². The molecule has 104 valence electrons. The zero-order valence-corrected chi connectivity index (χ0v) is 13.2. The first kappa shape index (κ1) is 14.9. The standard InChI is InChI=1S/C13H16ClNO2S2/c1-9(16)11-8-10-12(17)15(5-3-2-4-14)6-7-18-13(10)19-11/h8H,2-7H2,1H3. The lowest BCUT2D eigenvalue weighted by molar-refractivity contribution is 0.0764. The zero-order chi connectivity index (χ0) is 13.8. The highest BCUT2D eigenvalue weighted by Gasteiger charge is 2.25. The summed E-state index contributed by atoms with van der Waals surface area (Å²) in [5.41, 5.74) is 0.698. The number of hydrogen-bond acceptors (Lipinski definition) is 4. The SMILES string of the molecule is CC(=O)c1cc2c(s1)SCCN(CCCCCl)C2=O. The van der Waals surface area contributed by atoms with Gasteiger partial charge in [0.25, 0.3) is 5.91 Å². The van der Waals surface area contributed by atoms with Crippen LogP contribution in [0, 0.1) is 0 Å². The molecule has 0 aromatic carbocycles. The number of Topliss-reactive ketones (excluding diaryl/α,β-unsaturated/α-hetero) is 1. The molecular weight excluding hydrogens is 302 g/mol. The van der Waals surface area contributed by atoms with Crippen LogP contribution in [0.15, 0.2) is 10.3 Å². The molecule has 0 bridgehead atoms. The van der Waals surface area contributed by atoms with E-state index in [0.29, 0.717) is 16.3 Å². The lowest BCUT2D eigenvalue weighted by Gasteiger charge is -2.19. The number of carbonyl (C=O) groups is 2. The van der Waals surface area contributed by atoms with Crippen LogP contribution < -0.4 is 0 Å². The number of ketones is 1. The van der Waals surface area contributed by atoms with Crippen LogP contribution in [-0.2, 0) is 0 Å². The van der Waals surface area contributed by atoms with Crippen LogP contribution >= 0.6 is 34.7 Å². The number of halogens is 1. The third-order valence-electron chi connectivity index (χ3n) is 2.97. The first-order valence-electron chi connectivity index (χ1n) is 6.26. The maximum Gasteiger partial charge on any atom is 0.255 e. The summed E-state index contributed by atoms with van der Waals surface area (Å²) >= 11 is 8.77. The molecule has 3 nitrogen and oxygen atoms in total. The molecule has 19 heavy (non-hydrogen) atoms. The maximum absolute atomic E-state index is 12.4. The Morgan fingerprint density at radius 1 is 1.47 bits per heavy atom. The Labute approximate surface area is 126 Å². The fourth-order valence-electron chi connectivity index (χ4n) is 1.94. The molecule has 1 aromatic rings. The molecule has 0 aliphatic carbocycles. The average molecular weight is 318 g/mol. The van der Waals surface area contributed by atoms with Crippen molar-refractivity contribution in [3.05, 3.63) is 16.5 Å². The third kappa shape index (κ3) is 3.52. The minimum absolute atomic E-state index is 0.0279. The maximum atomic E-state index is 12.4. The van der Waals surface area contributed by atoms with Crippen LogP contribution in [0.3, 0.4) is 0 Å². The second-order valence-corrected chi connectivity index (χ2v) is 7.20. The number of thioether (sulfide) groups is 1. The number of rotatable bonds is 5. The molecular formula is C13H16ClNO2S2. The van der Waals surface area contributed by atoms with E-state index in [1.807, 2.05) is 4.90 Å². The van der Waals surface area contributed by atoms with Crippen molar-refractivity contribution < 1.29 is 9.59 Å². The summed E-state index contributed by atoms with van der Waals surface area (Å²) in [6.45, 7) is 3.05. The molecule has 0 fully saturated rings. The van der Waals surface area contributed by atoms with Gasteiger partial charge in [-0.3, -0.25) is 9.59 Å². The van der Waals surface area contributed by atoms with E-state index >= 15 is 0 Å². The van der Waals surface area contributed by atoms with Gasteiger partial charge in [-0.1, -0.05) is 0 Å². The molecule has 0 spiro atoms. The summed E-state index contributed by atoms with van der Waals surface area (Å²) < 4.78 is 0.982. The van der Waals surface area contributed by atoms with Crippen LogP contribution in [0.2, 0.25) is 0 Å². The van der Waals surface area contributed by atoms with Gasteiger partial charge in [0.15, 0.2) is 5.78 Å². The van der Waals surface area contributed by atoms with E-state index in [9.17, 15) is 9.59 Å². The van der Waals surface area contributed by atoms with Crippen molar-refractivity contribution in [1.29, 1.82) is 0 Å². The first-order valence-corrected chi connectivity index (χ1v) is 8.60. The van der Waals surface area contributed by atoms with E-state index in [-0.39, 0.29) is 11.7 Å². The van der Waals surface area contributed by atoms with Gasteiger partial charge in [0.05, 0.1) is 14.6 Å². The van der Waals surface area contributed by atoms with Crippen molar-refractivity contribution in [2.75, 3.05) is 24.7 Å². The monoisotopic (exact) mass is 317 g/mol. The molecule has 2 heterocycles. The lowest BCUT2D eigenvalue weighted by Crippen LogP contribution is -2.32. The van der Waals surface area contributed by atoms with Crippen molar-refractivity contribution in [1.82, 2.24) is 4.90 Å². The van der Waals surface area contributed by atoms with E-state index in [1.165, 1.54) is 11.3 Å². The van der Waals surface area contributed by atoms with Crippen molar-refractivity contribution in [3.63, 3.8) is 0 Å². The predicted molar refractivity (Wildman–Crippen MR) is 80.9 cm³/mol. The number of thiophene rings is 1. The number of alkyl halides is 1. The van der Waals surface area contributed by atoms with Crippen LogP contribution in [0.1, 0.15) is 39.8 Å². The highest BCUT2D eigenvalue weighted by atomic mass is 35.5. The second-order valence-electron chi connectivity index (χ2n) is 4.40. The summed E-state index contributed by atoms with van der Waals surface area (Å²) in [7, 11) is 0. The molecule has 6 heteroatoms. The Morgan fingerprint density at radius 3 is 2.95 bits per heavy atom. The molecule has 1 aliphatic heterocycles. The summed E-state index contributed by atoms with van der Waals surface area (Å²) in [6, 6.07) is 1.75. The van der Waals surface area contributed by atoms with Crippen molar-refractivity contribution in [3.8, 4) is 0 Å². The minimum atomic E-state index is 0.0279. The predicted octanol–water partition coefficient (Wildman–Crippen LogP) is 3.52.